The Morgan fingerprint density at radius 2 is 2.16 bits per heavy atom. The molecule has 0 spiro atoms. The minimum atomic E-state index is -0.372. The molecule has 6 nitrogen and oxygen atoms in total. The minimum Gasteiger partial charge on any atom is -0.496 e. The van der Waals surface area contributed by atoms with Gasteiger partial charge in [0.1, 0.15) is 5.75 Å². The summed E-state index contributed by atoms with van der Waals surface area (Å²) < 4.78 is 6.32. The molecule has 3 N–H and O–H groups in total. The molecule has 2 aromatic rings. The van der Waals surface area contributed by atoms with Crippen molar-refractivity contribution in [2.24, 2.45) is 5.73 Å². The molecular weight excluding hydrogens is 246 g/mol. The zero-order chi connectivity index (χ0) is 14.0. The molecule has 6 heteroatoms. The average Bonchev–Trinajstić information content (AvgIpc) is 2.79. The standard InChI is InChI=1S/C13H15N3O3/c1-8-3-4-11(19-2)10(5-8)13(18)16-9(7-14)6-12(17)15-16/h3-6H,7,14H2,1-2H3,(H,15,17). The monoisotopic (exact) mass is 261 g/mol. The van der Waals surface area contributed by atoms with Crippen molar-refractivity contribution in [1.29, 1.82) is 0 Å². The van der Waals surface area contributed by atoms with Gasteiger partial charge in [-0.05, 0) is 19.1 Å². The van der Waals surface area contributed by atoms with Gasteiger partial charge in [-0.3, -0.25) is 14.7 Å². The average molecular weight is 261 g/mol. The van der Waals surface area contributed by atoms with E-state index in [1.165, 1.54) is 13.2 Å². The molecule has 0 aliphatic rings. The zero-order valence-corrected chi connectivity index (χ0v) is 10.8. The van der Waals surface area contributed by atoms with Gasteiger partial charge in [0.15, 0.2) is 0 Å². The number of H-pyrrole nitrogens is 1. The Kier molecular flexibility index (Phi) is 3.52. The fourth-order valence-electron chi connectivity index (χ4n) is 1.87. The van der Waals surface area contributed by atoms with Gasteiger partial charge < -0.3 is 10.5 Å². The van der Waals surface area contributed by atoms with Gasteiger partial charge in [-0.15, -0.1) is 0 Å². The Balaban J connectivity index is 2.55. The lowest BCUT2D eigenvalue weighted by Gasteiger charge is -2.10. The Bertz CT molecular complexity index is 670. The largest absolute Gasteiger partial charge is 0.496 e. The van der Waals surface area contributed by atoms with Crippen LogP contribution >= 0.6 is 0 Å². The molecule has 1 aromatic carbocycles. The second kappa shape index (κ2) is 5.11. The maximum Gasteiger partial charge on any atom is 0.280 e. The molecule has 0 unspecified atom stereocenters. The third-order valence-corrected chi connectivity index (χ3v) is 2.80. The number of nitrogens with one attached hydrogen (secondary N) is 1. The number of benzene rings is 1. The number of carbonyl (C=O) groups is 1. The summed E-state index contributed by atoms with van der Waals surface area (Å²) in [6.45, 7) is 1.97. The van der Waals surface area contributed by atoms with Crippen molar-refractivity contribution in [2.75, 3.05) is 7.11 Å². The van der Waals surface area contributed by atoms with Crippen molar-refractivity contribution in [3.8, 4) is 5.75 Å². The second-order valence-corrected chi connectivity index (χ2v) is 4.16. The summed E-state index contributed by atoms with van der Waals surface area (Å²) in [5.41, 5.74) is 6.89. The molecular formula is C13H15N3O3. The van der Waals surface area contributed by atoms with E-state index in [0.29, 0.717) is 17.0 Å². The van der Waals surface area contributed by atoms with E-state index in [9.17, 15) is 9.59 Å². The number of ether oxygens (including phenoxy) is 1. The first-order valence-electron chi connectivity index (χ1n) is 5.77. The lowest BCUT2D eigenvalue weighted by Crippen LogP contribution is -2.20. The summed E-state index contributed by atoms with van der Waals surface area (Å²) in [6.07, 6.45) is 0. The van der Waals surface area contributed by atoms with Crippen molar-refractivity contribution in [3.05, 3.63) is 51.4 Å². The Labute approximate surface area is 109 Å². The number of aryl methyl sites for hydroxylation is 1. The van der Waals surface area contributed by atoms with Crippen LogP contribution in [-0.2, 0) is 6.54 Å². The molecule has 0 fully saturated rings. The highest BCUT2D eigenvalue weighted by atomic mass is 16.5. The topological polar surface area (TPSA) is 90.1 Å². The summed E-state index contributed by atoms with van der Waals surface area (Å²) in [5.74, 6) is 0.0798. The number of nitrogens with zero attached hydrogens (tertiary/aromatic N) is 1. The molecule has 0 saturated heterocycles. The van der Waals surface area contributed by atoms with Crippen LogP contribution in [0.2, 0.25) is 0 Å². The predicted octanol–water partition coefficient (Wildman–Crippen LogP) is 0.641. The molecule has 0 saturated carbocycles. The van der Waals surface area contributed by atoms with Crippen molar-refractivity contribution in [3.63, 3.8) is 0 Å². The van der Waals surface area contributed by atoms with E-state index >= 15 is 0 Å². The molecule has 1 heterocycles. The second-order valence-electron chi connectivity index (χ2n) is 4.16. The van der Waals surface area contributed by atoms with E-state index in [4.69, 9.17) is 10.5 Å². The van der Waals surface area contributed by atoms with Crippen LogP contribution in [0.25, 0.3) is 0 Å². The number of carbonyl (C=O) groups excluding carboxylic acids is 1. The van der Waals surface area contributed by atoms with Gasteiger partial charge in [0.05, 0.1) is 18.4 Å². The SMILES string of the molecule is COc1ccc(C)cc1C(=O)n1[nH]c(=O)cc1CN. The highest BCUT2D eigenvalue weighted by Gasteiger charge is 2.17. The fraction of sp³-hybridized carbons (Fsp3) is 0.231. The maximum atomic E-state index is 12.4. The molecule has 19 heavy (non-hydrogen) atoms. The highest BCUT2D eigenvalue weighted by Crippen LogP contribution is 2.20. The number of aromatic nitrogens is 2. The van der Waals surface area contributed by atoms with Crippen molar-refractivity contribution in [1.82, 2.24) is 9.78 Å². The molecule has 0 atom stereocenters. The van der Waals surface area contributed by atoms with Crippen LogP contribution in [0.15, 0.2) is 29.1 Å². The molecule has 0 aliphatic carbocycles. The summed E-state index contributed by atoms with van der Waals surface area (Å²) in [6, 6.07) is 6.57. The Hall–Kier alpha value is -2.34. The summed E-state index contributed by atoms with van der Waals surface area (Å²) in [7, 11) is 1.49. The fourth-order valence-corrected chi connectivity index (χ4v) is 1.87. The van der Waals surface area contributed by atoms with Gasteiger partial charge in [0.2, 0.25) is 0 Å². The number of hydrogen-bond donors (Lipinski definition) is 2. The lowest BCUT2D eigenvalue weighted by atomic mass is 10.1. The van der Waals surface area contributed by atoms with E-state index in [0.717, 1.165) is 10.2 Å². The molecule has 0 bridgehead atoms. The first kappa shape index (κ1) is 13.1. The van der Waals surface area contributed by atoms with Crippen molar-refractivity contribution >= 4 is 5.91 Å². The molecule has 1 aromatic heterocycles. The molecule has 0 amide bonds. The highest BCUT2D eigenvalue weighted by molar-refractivity contribution is 5.98. The van der Waals surface area contributed by atoms with Gasteiger partial charge in [0.25, 0.3) is 11.5 Å². The lowest BCUT2D eigenvalue weighted by molar-refractivity contribution is 0.0938. The van der Waals surface area contributed by atoms with Crippen LogP contribution in [0.1, 0.15) is 21.6 Å². The quantitative estimate of drug-likeness (QED) is 0.848. The van der Waals surface area contributed by atoms with Gasteiger partial charge in [-0.2, -0.15) is 0 Å². The van der Waals surface area contributed by atoms with E-state index in [1.54, 1.807) is 12.1 Å². The van der Waals surface area contributed by atoms with E-state index in [2.05, 4.69) is 5.10 Å². The summed E-state index contributed by atoms with van der Waals surface area (Å²) in [5, 5.41) is 2.44. The van der Waals surface area contributed by atoms with Crippen molar-refractivity contribution < 1.29 is 9.53 Å². The zero-order valence-electron chi connectivity index (χ0n) is 10.8. The van der Waals surface area contributed by atoms with E-state index in [-0.39, 0.29) is 18.0 Å². The van der Waals surface area contributed by atoms with Gasteiger partial charge in [-0.1, -0.05) is 11.6 Å². The first-order chi connectivity index (χ1) is 9.06. The third-order valence-electron chi connectivity index (χ3n) is 2.80. The summed E-state index contributed by atoms with van der Waals surface area (Å²) >= 11 is 0. The Morgan fingerprint density at radius 1 is 1.42 bits per heavy atom. The normalized spacial score (nSPS) is 10.5. The van der Waals surface area contributed by atoms with E-state index in [1.807, 2.05) is 13.0 Å². The minimum absolute atomic E-state index is 0.0958. The van der Waals surface area contributed by atoms with Gasteiger partial charge in [-0.25, -0.2) is 4.68 Å². The maximum absolute atomic E-state index is 12.4. The molecule has 100 valence electrons. The first-order valence-corrected chi connectivity index (χ1v) is 5.77. The van der Waals surface area contributed by atoms with Crippen LogP contribution in [0.3, 0.4) is 0 Å². The molecule has 0 aliphatic heterocycles. The van der Waals surface area contributed by atoms with Crippen molar-refractivity contribution in [2.45, 2.75) is 13.5 Å². The number of methoxy groups -OCH3 is 1. The van der Waals surface area contributed by atoms with Crippen LogP contribution in [-0.4, -0.2) is 22.8 Å². The number of rotatable bonds is 3. The van der Waals surface area contributed by atoms with Crippen LogP contribution in [0.5, 0.6) is 5.75 Å². The molecule has 0 radical (unpaired) electrons. The molecule has 2 rings (SSSR count). The number of nitrogens with two attached hydrogens (primary N) is 1. The smallest absolute Gasteiger partial charge is 0.280 e. The van der Waals surface area contributed by atoms with Crippen LogP contribution in [0.4, 0.5) is 0 Å². The van der Waals surface area contributed by atoms with Gasteiger partial charge >= 0.3 is 0 Å². The summed E-state index contributed by atoms with van der Waals surface area (Å²) in [4.78, 5) is 23.7. The predicted molar refractivity (Wildman–Crippen MR) is 70.4 cm³/mol. The third kappa shape index (κ3) is 2.43. The number of aromatic amines is 1. The van der Waals surface area contributed by atoms with E-state index < -0.39 is 0 Å². The number of hydrogen-bond acceptors (Lipinski definition) is 4. The van der Waals surface area contributed by atoms with Crippen LogP contribution in [0, 0.1) is 6.92 Å². The van der Waals surface area contributed by atoms with Gasteiger partial charge in [0, 0.05) is 12.6 Å². The Morgan fingerprint density at radius 3 is 2.79 bits per heavy atom. The van der Waals surface area contributed by atoms with Crippen LogP contribution < -0.4 is 16.0 Å².